The van der Waals surface area contributed by atoms with E-state index in [0.717, 1.165) is 32.2 Å². The first-order valence-corrected chi connectivity index (χ1v) is 9.37. The number of H-pyrrole nitrogens is 1. The Balaban J connectivity index is 2.74. The highest BCUT2D eigenvalue weighted by Crippen LogP contribution is 2.25. The summed E-state index contributed by atoms with van der Waals surface area (Å²) in [5, 5.41) is 1.02. The first-order chi connectivity index (χ1) is 9.61. The summed E-state index contributed by atoms with van der Waals surface area (Å²) in [4.78, 5) is 3.29. The zero-order valence-electron chi connectivity index (χ0n) is 12.1. The standard InChI is InChI=1S/C13H19NO3S2Si/c1-5-6-9-11(20(15-2,16-3)17-4)8-7-10-12(9)14-13(18)19-10/h7-8H,5-6H2,1-4H3,(H,14,18). The van der Waals surface area contributed by atoms with Gasteiger partial charge in [0.05, 0.1) is 10.2 Å². The maximum atomic E-state index is 5.62. The molecule has 0 aliphatic heterocycles. The second kappa shape index (κ2) is 6.46. The Morgan fingerprint density at radius 1 is 1.20 bits per heavy atom. The van der Waals surface area contributed by atoms with E-state index >= 15 is 0 Å². The second-order valence-electron chi connectivity index (χ2n) is 4.40. The largest absolute Gasteiger partial charge is 0.536 e. The predicted molar refractivity (Wildman–Crippen MR) is 87.4 cm³/mol. The zero-order chi connectivity index (χ0) is 14.8. The maximum absolute atomic E-state index is 5.62. The van der Waals surface area contributed by atoms with E-state index in [1.165, 1.54) is 5.56 Å². The van der Waals surface area contributed by atoms with Gasteiger partial charge in [0.1, 0.15) is 0 Å². The average molecular weight is 330 g/mol. The molecule has 2 rings (SSSR count). The van der Waals surface area contributed by atoms with Gasteiger partial charge in [-0.15, -0.1) is 11.3 Å². The number of aromatic amines is 1. The summed E-state index contributed by atoms with van der Waals surface area (Å²) in [6.07, 6.45) is 1.96. The van der Waals surface area contributed by atoms with Crippen LogP contribution in [0.25, 0.3) is 10.2 Å². The maximum Gasteiger partial charge on any atom is 0.536 e. The van der Waals surface area contributed by atoms with E-state index in [4.69, 9.17) is 25.5 Å². The molecule has 7 heteroatoms. The van der Waals surface area contributed by atoms with Gasteiger partial charge in [0, 0.05) is 26.5 Å². The van der Waals surface area contributed by atoms with E-state index < -0.39 is 8.80 Å². The SMILES string of the molecule is CCCc1c([Si](OC)(OC)OC)ccc2sc(=S)[nH]c12. The topological polar surface area (TPSA) is 43.5 Å². The van der Waals surface area contributed by atoms with Crippen molar-refractivity contribution in [1.82, 2.24) is 4.98 Å². The molecular weight excluding hydrogens is 310 g/mol. The van der Waals surface area contributed by atoms with Gasteiger partial charge < -0.3 is 18.3 Å². The van der Waals surface area contributed by atoms with Crippen LogP contribution in [0, 0.1) is 3.95 Å². The number of hydrogen-bond donors (Lipinski definition) is 1. The number of fused-ring (bicyclic) bond motifs is 1. The van der Waals surface area contributed by atoms with Crippen molar-refractivity contribution in [2.24, 2.45) is 0 Å². The van der Waals surface area contributed by atoms with Crippen molar-refractivity contribution >= 4 is 47.8 Å². The summed E-state index contributed by atoms with van der Waals surface area (Å²) in [5.74, 6) is 0. The summed E-state index contributed by atoms with van der Waals surface area (Å²) in [5.41, 5.74) is 2.27. The third kappa shape index (κ3) is 2.61. The molecule has 1 heterocycles. The molecule has 1 aromatic heterocycles. The van der Waals surface area contributed by atoms with Gasteiger partial charge in [0.15, 0.2) is 3.95 Å². The highest BCUT2D eigenvalue weighted by atomic mass is 32.1. The zero-order valence-corrected chi connectivity index (χ0v) is 14.7. The number of hydrogen-bond acceptors (Lipinski definition) is 5. The van der Waals surface area contributed by atoms with Crippen molar-refractivity contribution in [3.63, 3.8) is 0 Å². The molecule has 0 aliphatic rings. The van der Waals surface area contributed by atoms with Crippen LogP contribution < -0.4 is 5.19 Å². The number of thiazole rings is 1. The molecule has 0 spiro atoms. The minimum Gasteiger partial charge on any atom is -0.373 e. The second-order valence-corrected chi connectivity index (χ2v) is 8.99. The van der Waals surface area contributed by atoms with Crippen LogP contribution in [0.4, 0.5) is 0 Å². The smallest absolute Gasteiger partial charge is 0.373 e. The Kier molecular flexibility index (Phi) is 5.11. The molecule has 0 fully saturated rings. The van der Waals surface area contributed by atoms with Crippen LogP contribution >= 0.6 is 23.6 Å². The molecule has 2 aromatic rings. The van der Waals surface area contributed by atoms with Gasteiger partial charge in [-0.2, -0.15) is 0 Å². The Bertz CT molecular complexity index is 640. The van der Waals surface area contributed by atoms with Gasteiger partial charge in [0.2, 0.25) is 0 Å². The molecule has 0 saturated heterocycles. The number of aryl methyl sites for hydroxylation is 1. The predicted octanol–water partition coefficient (Wildman–Crippen LogP) is 3.00. The summed E-state index contributed by atoms with van der Waals surface area (Å²) >= 11 is 6.85. The highest BCUT2D eigenvalue weighted by molar-refractivity contribution is 7.73. The molecule has 0 unspecified atom stereocenters. The van der Waals surface area contributed by atoms with E-state index in [-0.39, 0.29) is 0 Å². The molecule has 20 heavy (non-hydrogen) atoms. The van der Waals surface area contributed by atoms with Crippen LogP contribution in [-0.4, -0.2) is 35.1 Å². The number of benzene rings is 1. The van der Waals surface area contributed by atoms with Crippen molar-refractivity contribution in [3.8, 4) is 0 Å². The number of nitrogens with one attached hydrogen (secondary N) is 1. The van der Waals surface area contributed by atoms with Gasteiger partial charge in [-0.1, -0.05) is 19.4 Å². The summed E-state index contributed by atoms with van der Waals surface area (Å²) < 4.78 is 18.8. The van der Waals surface area contributed by atoms with Crippen LogP contribution in [-0.2, 0) is 19.7 Å². The van der Waals surface area contributed by atoms with Crippen LogP contribution in [0.2, 0.25) is 0 Å². The summed E-state index contributed by atoms with van der Waals surface area (Å²) in [7, 11) is 2.07. The van der Waals surface area contributed by atoms with Crippen molar-refractivity contribution < 1.29 is 13.3 Å². The fourth-order valence-electron chi connectivity index (χ4n) is 2.45. The number of rotatable bonds is 6. The lowest BCUT2D eigenvalue weighted by atomic mass is 10.1. The lowest BCUT2D eigenvalue weighted by Gasteiger charge is -2.26. The third-order valence-electron chi connectivity index (χ3n) is 3.34. The quantitative estimate of drug-likeness (QED) is 0.653. The Morgan fingerprint density at radius 2 is 1.85 bits per heavy atom. The summed E-state index contributed by atoms with van der Waals surface area (Å²) in [6.45, 7) is 2.15. The van der Waals surface area contributed by atoms with Gasteiger partial charge in [0.25, 0.3) is 0 Å². The van der Waals surface area contributed by atoms with Gasteiger partial charge in [-0.3, -0.25) is 0 Å². The molecule has 0 bridgehead atoms. The lowest BCUT2D eigenvalue weighted by molar-refractivity contribution is 0.140. The van der Waals surface area contributed by atoms with Crippen LogP contribution in [0.1, 0.15) is 18.9 Å². The first kappa shape index (κ1) is 15.8. The summed E-state index contributed by atoms with van der Waals surface area (Å²) in [6, 6.07) is 4.11. The minimum absolute atomic E-state index is 0.786. The molecule has 0 aliphatic carbocycles. The number of aromatic nitrogens is 1. The molecular formula is C13H19NO3S2Si. The van der Waals surface area contributed by atoms with Crippen molar-refractivity contribution in [3.05, 3.63) is 21.7 Å². The lowest BCUT2D eigenvalue weighted by Crippen LogP contribution is -2.56. The monoisotopic (exact) mass is 329 g/mol. The fraction of sp³-hybridized carbons (Fsp3) is 0.462. The van der Waals surface area contributed by atoms with E-state index in [1.54, 1.807) is 32.7 Å². The van der Waals surface area contributed by atoms with Gasteiger partial charge in [-0.05, 0) is 30.3 Å². The van der Waals surface area contributed by atoms with Crippen molar-refractivity contribution in [2.45, 2.75) is 19.8 Å². The molecule has 0 atom stereocenters. The Labute approximate surface area is 129 Å². The third-order valence-corrected chi connectivity index (χ3v) is 7.28. The highest BCUT2D eigenvalue weighted by Gasteiger charge is 2.43. The molecule has 110 valence electrons. The van der Waals surface area contributed by atoms with E-state index in [2.05, 4.69) is 24.0 Å². The molecule has 1 aromatic carbocycles. The molecule has 0 amide bonds. The van der Waals surface area contributed by atoms with E-state index in [1.807, 2.05) is 0 Å². The van der Waals surface area contributed by atoms with Crippen LogP contribution in [0.15, 0.2) is 12.1 Å². The van der Waals surface area contributed by atoms with E-state index in [9.17, 15) is 0 Å². The Hall–Kier alpha value is -0.573. The van der Waals surface area contributed by atoms with Crippen molar-refractivity contribution in [2.75, 3.05) is 21.3 Å². The van der Waals surface area contributed by atoms with Crippen molar-refractivity contribution in [1.29, 1.82) is 0 Å². The minimum atomic E-state index is -2.83. The van der Waals surface area contributed by atoms with Crippen LogP contribution in [0.3, 0.4) is 0 Å². The molecule has 4 nitrogen and oxygen atoms in total. The van der Waals surface area contributed by atoms with E-state index in [0.29, 0.717) is 0 Å². The molecule has 0 saturated carbocycles. The fourth-order valence-corrected chi connectivity index (χ4v) is 5.66. The average Bonchev–Trinajstić information content (AvgIpc) is 2.84. The molecule has 0 radical (unpaired) electrons. The van der Waals surface area contributed by atoms with Gasteiger partial charge in [-0.25, -0.2) is 0 Å². The Morgan fingerprint density at radius 3 is 2.40 bits per heavy atom. The molecule has 1 N–H and O–H groups in total. The van der Waals surface area contributed by atoms with Crippen LogP contribution in [0.5, 0.6) is 0 Å². The first-order valence-electron chi connectivity index (χ1n) is 6.42. The van der Waals surface area contributed by atoms with Gasteiger partial charge >= 0.3 is 8.80 Å². The normalized spacial score (nSPS) is 12.2.